The minimum absolute atomic E-state index is 0.177. The minimum atomic E-state index is -4.13. The molecular formula is C17H20N2O4S. The summed E-state index contributed by atoms with van der Waals surface area (Å²) >= 11 is 0. The van der Waals surface area contributed by atoms with E-state index in [-0.39, 0.29) is 6.54 Å². The van der Waals surface area contributed by atoms with Gasteiger partial charge in [0.15, 0.2) is 0 Å². The lowest BCUT2D eigenvalue weighted by atomic mass is 10.0. The maximum Gasteiger partial charge on any atom is 0.383 e. The van der Waals surface area contributed by atoms with E-state index in [9.17, 15) is 13.2 Å². The molecule has 0 radical (unpaired) electrons. The molecule has 0 bridgehead atoms. The largest absolute Gasteiger partial charge is 0.383 e. The number of anilines is 1. The molecule has 0 fully saturated rings. The molecule has 0 spiro atoms. The maximum atomic E-state index is 12.3. The summed E-state index contributed by atoms with van der Waals surface area (Å²) in [6, 6.07) is 17.6. The Kier molecular flexibility index (Phi) is 5.94. The van der Waals surface area contributed by atoms with E-state index in [2.05, 4.69) is 0 Å². The second-order valence-corrected chi connectivity index (χ2v) is 6.60. The van der Waals surface area contributed by atoms with Crippen molar-refractivity contribution in [2.24, 2.45) is 0 Å². The summed E-state index contributed by atoms with van der Waals surface area (Å²) < 4.78 is 30.4. The van der Waals surface area contributed by atoms with E-state index in [0.717, 1.165) is 9.87 Å². The van der Waals surface area contributed by atoms with Crippen molar-refractivity contribution in [1.82, 2.24) is 5.48 Å². The Morgan fingerprint density at radius 2 is 1.62 bits per heavy atom. The summed E-state index contributed by atoms with van der Waals surface area (Å²) in [5.74, 6) is -1.07. The molecule has 1 atom stereocenters. The molecule has 128 valence electrons. The first-order chi connectivity index (χ1) is 11.5. The van der Waals surface area contributed by atoms with Crippen molar-refractivity contribution in [3.8, 4) is 0 Å². The molecule has 0 aliphatic carbocycles. The van der Waals surface area contributed by atoms with Gasteiger partial charge in [0.1, 0.15) is 0 Å². The van der Waals surface area contributed by atoms with Crippen LogP contribution in [0, 0.1) is 0 Å². The van der Waals surface area contributed by atoms with Gasteiger partial charge in [0, 0.05) is 6.54 Å². The van der Waals surface area contributed by atoms with Crippen molar-refractivity contribution in [1.29, 1.82) is 0 Å². The standard InChI is InChI=1S/C17H20N2O4S/c1-3-19(16-12-8-5-9-13-16)24(21,22)23-18-17(20)14(2)15-10-6-4-7-11-15/h4-14H,3H2,1-2H3,(H,18,20). The zero-order chi connectivity index (χ0) is 17.6. The number of hydroxylamine groups is 1. The lowest BCUT2D eigenvalue weighted by molar-refractivity contribution is -0.128. The van der Waals surface area contributed by atoms with Crippen LogP contribution >= 0.6 is 0 Å². The average Bonchev–Trinajstić information content (AvgIpc) is 2.61. The van der Waals surface area contributed by atoms with Crippen LogP contribution in [0.1, 0.15) is 25.3 Å². The molecule has 0 aliphatic heterocycles. The average molecular weight is 348 g/mol. The minimum Gasteiger partial charge on any atom is -0.272 e. The molecule has 24 heavy (non-hydrogen) atoms. The Morgan fingerprint density at radius 1 is 1.08 bits per heavy atom. The third-order valence-corrected chi connectivity index (χ3v) is 4.84. The van der Waals surface area contributed by atoms with Crippen LogP contribution in [-0.2, 0) is 19.4 Å². The van der Waals surface area contributed by atoms with E-state index >= 15 is 0 Å². The Labute approximate surface area is 142 Å². The molecule has 0 saturated carbocycles. The molecule has 2 aromatic carbocycles. The third kappa shape index (κ3) is 4.33. The second kappa shape index (κ2) is 7.94. The lowest BCUT2D eigenvalue weighted by Gasteiger charge is -2.22. The summed E-state index contributed by atoms with van der Waals surface area (Å²) in [4.78, 5) is 12.1. The molecule has 2 aromatic rings. The van der Waals surface area contributed by atoms with Gasteiger partial charge < -0.3 is 0 Å². The molecule has 0 aliphatic rings. The first-order valence-corrected chi connectivity index (χ1v) is 8.93. The van der Waals surface area contributed by atoms with E-state index in [1.54, 1.807) is 56.3 Å². The third-order valence-electron chi connectivity index (χ3n) is 3.54. The molecule has 1 N–H and O–H groups in total. The Hall–Kier alpha value is -2.38. The molecule has 0 saturated heterocycles. The highest BCUT2D eigenvalue weighted by Crippen LogP contribution is 2.18. The summed E-state index contributed by atoms with van der Waals surface area (Å²) in [5, 5.41) is 0. The zero-order valence-corrected chi connectivity index (χ0v) is 14.4. The number of amides is 1. The van der Waals surface area contributed by atoms with Crippen molar-refractivity contribution in [2.75, 3.05) is 10.8 Å². The number of hydrogen-bond acceptors (Lipinski definition) is 4. The van der Waals surface area contributed by atoms with E-state index in [4.69, 9.17) is 4.28 Å². The zero-order valence-electron chi connectivity index (χ0n) is 13.5. The van der Waals surface area contributed by atoms with E-state index in [1.807, 2.05) is 23.7 Å². The van der Waals surface area contributed by atoms with Gasteiger partial charge in [-0.25, -0.2) is 9.79 Å². The van der Waals surface area contributed by atoms with Crippen molar-refractivity contribution >= 4 is 21.9 Å². The predicted octanol–water partition coefficient (Wildman–Crippen LogP) is 2.61. The summed E-state index contributed by atoms with van der Waals surface area (Å²) in [6.45, 7) is 3.54. The molecule has 1 amide bonds. The van der Waals surface area contributed by atoms with Crippen LogP contribution in [0.25, 0.3) is 0 Å². The highest BCUT2D eigenvalue weighted by atomic mass is 32.2. The first kappa shape index (κ1) is 18.0. The van der Waals surface area contributed by atoms with E-state index < -0.39 is 22.1 Å². The number of benzene rings is 2. The van der Waals surface area contributed by atoms with Gasteiger partial charge in [-0.3, -0.25) is 4.79 Å². The van der Waals surface area contributed by atoms with Gasteiger partial charge >= 0.3 is 10.3 Å². The van der Waals surface area contributed by atoms with Crippen molar-refractivity contribution in [3.05, 3.63) is 66.2 Å². The van der Waals surface area contributed by atoms with Gasteiger partial charge in [0.2, 0.25) is 0 Å². The van der Waals surface area contributed by atoms with Crippen molar-refractivity contribution in [2.45, 2.75) is 19.8 Å². The second-order valence-electron chi connectivity index (χ2n) is 5.14. The number of carbonyl (C=O) groups excluding carboxylic acids is 1. The fourth-order valence-electron chi connectivity index (χ4n) is 2.18. The number of hydrogen-bond donors (Lipinski definition) is 1. The lowest BCUT2D eigenvalue weighted by Crippen LogP contribution is -2.39. The predicted molar refractivity (Wildman–Crippen MR) is 92.5 cm³/mol. The smallest absolute Gasteiger partial charge is 0.272 e. The highest BCUT2D eigenvalue weighted by molar-refractivity contribution is 7.88. The fraction of sp³-hybridized carbons (Fsp3) is 0.235. The SMILES string of the molecule is CCN(c1ccccc1)S(=O)(=O)ONC(=O)C(C)c1ccccc1. The number of carbonyl (C=O) groups is 1. The molecule has 0 heterocycles. The van der Waals surface area contributed by atoms with Gasteiger partial charge in [-0.05, 0) is 31.5 Å². The highest BCUT2D eigenvalue weighted by Gasteiger charge is 2.25. The monoisotopic (exact) mass is 348 g/mol. The summed E-state index contributed by atoms with van der Waals surface area (Å²) in [6.07, 6.45) is 0. The van der Waals surface area contributed by atoms with Crippen LogP contribution in [-0.4, -0.2) is 20.9 Å². The summed E-state index contributed by atoms with van der Waals surface area (Å²) in [7, 11) is -4.13. The van der Waals surface area contributed by atoms with Gasteiger partial charge in [-0.2, -0.15) is 8.42 Å². The Balaban J connectivity index is 2.05. The van der Waals surface area contributed by atoms with Gasteiger partial charge in [0.05, 0.1) is 11.6 Å². The van der Waals surface area contributed by atoms with Crippen LogP contribution < -0.4 is 9.79 Å². The normalized spacial score (nSPS) is 12.4. The van der Waals surface area contributed by atoms with Crippen LogP contribution in [0.15, 0.2) is 60.7 Å². The van der Waals surface area contributed by atoms with Crippen LogP contribution in [0.4, 0.5) is 5.69 Å². The van der Waals surface area contributed by atoms with Gasteiger partial charge in [0.25, 0.3) is 5.91 Å². The number of nitrogens with zero attached hydrogens (tertiary/aromatic N) is 1. The van der Waals surface area contributed by atoms with Crippen molar-refractivity contribution < 1.29 is 17.5 Å². The number of para-hydroxylation sites is 1. The van der Waals surface area contributed by atoms with E-state index in [0.29, 0.717) is 5.69 Å². The molecule has 2 rings (SSSR count). The molecular weight excluding hydrogens is 328 g/mol. The van der Waals surface area contributed by atoms with Crippen LogP contribution in [0.3, 0.4) is 0 Å². The maximum absolute atomic E-state index is 12.3. The molecule has 6 nitrogen and oxygen atoms in total. The Morgan fingerprint density at radius 3 is 2.17 bits per heavy atom. The molecule has 0 aromatic heterocycles. The Bertz CT molecular complexity index is 764. The van der Waals surface area contributed by atoms with Crippen molar-refractivity contribution in [3.63, 3.8) is 0 Å². The molecule has 1 unspecified atom stereocenters. The quantitative estimate of drug-likeness (QED) is 0.781. The fourth-order valence-corrected chi connectivity index (χ4v) is 3.16. The number of nitrogens with one attached hydrogen (secondary N) is 1. The van der Waals surface area contributed by atoms with E-state index in [1.165, 1.54) is 0 Å². The van der Waals surface area contributed by atoms with Gasteiger partial charge in [-0.15, -0.1) is 4.28 Å². The number of rotatable bonds is 7. The molecule has 7 heteroatoms. The van der Waals surface area contributed by atoms with Crippen LogP contribution in [0.5, 0.6) is 0 Å². The first-order valence-electron chi connectivity index (χ1n) is 7.56. The topological polar surface area (TPSA) is 75.7 Å². The summed E-state index contributed by atoms with van der Waals surface area (Å²) in [5.41, 5.74) is 3.27. The van der Waals surface area contributed by atoms with Crippen LogP contribution in [0.2, 0.25) is 0 Å². The van der Waals surface area contributed by atoms with Gasteiger partial charge in [-0.1, -0.05) is 48.5 Å².